The molecule has 0 aliphatic carbocycles. The maximum absolute atomic E-state index is 13.4. The van der Waals surface area contributed by atoms with Crippen molar-refractivity contribution < 1.29 is 13.9 Å². The predicted octanol–water partition coefficient (Wildman–Crippen LogP) is 0.477. The van der Waals surface area contributed by atoms with Gasteiger partial charge in [-0.05, 0) is 28.6 Å². The average molecular weight is 279 g/mol. The maximum atomic E-state index is 13.4. The van der Waals surface area contributed by atoms with Gasteiger partial charge in [-0.3, -0.25) is 0 Å². The van der Waals surface area contributed by atoms with E-state index in [4.69, 9.17) is 15.2 Å². The van der Waals surface area contributed by atoms with E-state index in [0.29, 0.717) is 43.4 Å². The number of rotatable bonds is 3. The van der Waals surface area contributed by atoms with Crippen molar-refractivity contribution in [2.45, 2.75) is 12.6 Å². The van der Waals surface area contributed by atoms with Gasteiger partial charge in [-0.1, -0.05) is 0 Å². The zero-order chi connectivity index (χ0) is 13.9. The van der Waals surface area contributed by atoms with Crippen LogP contribution in [0.5, 0.6) is 0 Å². The fourth-order valence-corrected chi connectivity index (χ4v) is 2.11. The van der Waals surface area contributed by atoms with Crippen molar-refractivity contribution in [1.29, 1.82) is 0 Å². The molecule has 0 radical (unpaired) electrons. The van der Waals surface area contributed by atoms with Crippen molar-refractivity contribution in [3.8, 4) is 11.4 Å². The molecular weight excluding hydrogens is 265 g/mol. The van der Waals surface area contributed by atoms with Crippen molar-refractivity contribution in [2.75, 3.05) is 25.6 Å². The van der Waals surface area contributed by atoms with E-state index in [1.807, 2.05) is 0 Å². The Morgan fingerprint density at radius 3 is 3.00 bits per heavy atom. The van der Waals surface area contributed by atoms with E-state index in [2.05, 4.69) is 15.5 Å². The highest BCUT2D eigenvalue weighted by Crippen LogP contribution is 2.21. The quantitative estimate of drug-likeness (QED) is 0.822. The van der Waals surface area contributed by atoms with Crippen molar-refractivity contribution in [3.05, 3.63) is 24.0 Å². The number of ether oxygens (including phenoxy) is 2. The van der Waals surface area contributed by atoms with Crippen LogP contribution in [0.4, 0.5) is 10.1 Å². The lowest BCUT2D eigenvalue weighted by molar-refractivity contribution is -0.0946. The standard InChI is InChI=1S/C12H14FN5O2/c13-9-3-8(4-10(14)5-9)12-15-16-17-18(12)6-11-7-19-1-2-20-11/h3-5,11H,1-2,6-7,14H2. The summed E-state index contributed by atoms with van der Waals surface area (Å²) in [5.41, 5.74) is 6.49. The lowest BCUT2D eigenvalue weighted by Gasteiger charge is -2.22. The number of nitrogens with zero attached hydrogens (tertiary/aromatic N) is 4. The van der Waals surface area contributed by atoms with E-state index >= 15 is 0 Å². The van der Waals surface area contributed by atoms with Gasteiger partial charge in [-0.2, -0.15) is 0 Å². The first-order chi connectivity index (χ1) is 9.72. The molecule has 20 heavy (non-hydrogen) atoms. The molecule has 1 atom stereocenters. The molecule has 1 unspecified atom stereocenters. The predicted molar refractivity (Wildman–Crippen MR) is 68.2 cm³/mol. The van der Waals surface area contributed by atoms with Crippen LogP contribution < -0.4 is 5.73 Å². The molecule has 2 aromatic rings. The van der Waals surface area contributed by atoms with E-state index in [0.717, 1.165) is 0 Å². The van der Waals surface area contributed by atoms with E-state index in [1.165, 1.54) is 12.1 Å². The van der Waals surface area contributed by atoms with Gasteiger partial charge in [-0.25, -0.2) is 9.07 Å². The van der Waals surface area contributed by atoms with Crippen LogP contribution in [0.15, 0.2) is 18.2 Å². The second kappa shape index (κ2) is 5.51. The average Bonchev–Trinajstić information content (AvgIpc) is 2.87. The van der Waals surface area contributed by atoms with E-state index in [-0.39, 0.29) is 6.10 Å². The Morgan fingerprint density at radius 1 is 1.35 bits per heavy atom. The Morgan fingerprint density at radius 2 is 2.25 bits per heavy atom. The Labute approximate surface area is 114 Å². The molecule has 3 rings (SSSR count). The van der Waals surface area contributed by atoms with Crippen LogP contribution in [0.1, 0.15) is 0 Å². The molecule has 1 aromatic heterocycles. The number of tetrazole rings is 1. The summed E-state index contributed by atoms with van der Waals surface area (Å²) in [6.07, 6.45) is -0.114. The van der Waals surface area contributed by atoms with Crippen LogP contribution in [-0.2, 0) is 16.0 Å². The van der Waals surface area contributed by atoms with E-state index in [9.17, 15) is 4.39 Å². The third-order valence-corrected chi connectivity index (χ3v) is 2.97. The molecule has 2 heterocycles. The molecule has 1 fully saturated rings. The number of nitrogens with two attached hydrogens (primary N) is 1. The topological polar surface area (TPSA) is 88.1 Å². The Bertz CT molecular complexity index is 577. The minimum absolute atomic E-state index is 0.114. The van der Waals surface area contributed by atoms with E-state index < -0.39 is 5.82 Å². The summed E-state index contributed by atoms with van der Waals surface area (Å²) >= 11 is 0. The van der Waals surface area contributed by atoms with Gasteiger partial charge in [-0.15, -0.1) is 5.10 Å². The molecule has 2 N–H and O–H groups in total. The molecule has 0 bridgehead atoms. The van der Waals surface area contributed by atoms with Crippen LogP contribution in [0.2, 0.25) is 0 Å². The monoisotopic (exact) mass is 279 g/mol. The number of benzene rings is 1. The summed E-state index contributed by atoms with van der Waals surface area (Å²) in [5, 5.41) is 11.4. The van der Waals surface area contributed by atoms with Crippen LogP contribution in [0.25, 0.3) is 11.4 Å². The second-order valence-electron chi connectivity index (χ2n) is 4.53. The minimum Gasteiger partial charge on any atom is -0.399 e. The van der Waals surface area contributed by atoms with Gasteiger partial charge in [0, 0.05) is 11.3 Å². The normalized spacial score (nSPS) is 19.1. The number of anilines is 1. The molecule has 106 valence electrons. The molecule has 1 aliphatic rings. The number of nitrogen functional groups attached to an aromatic ring is 1. The summed E-state index contributed by atoms with van der Waals surface area (Å²) in [6.45, 7) is 2.08. The largest absolute Gasteiger partial charge is 0.399 e. The third-order valence-electron chi connectivity index (χ3n) is 2.97. The first-order valence-corrected chi connectivity index (χ1v) is 6.24. The van der Waals surface area contributed by atoms with Crippen LogP contribution in [-0.4, -0.2) is 46.1 Å². The number of hydrogen-bond acceptors (Lipinski definition) is 6. The fraction of sp³-hybridized carbons (Fsp3) is 0.417. The molecule has 1 aromatic carbocycles. The zero-order valence-electron chi connectivity index (χ0n) is 10.7. The molecule has 1 saturated heterocycles. The third kappa shape index (κ3) is 2.75. The van der Waals surface area contributed by atoms with Crippen LogP contribution >= 0.6 is 0 Å². The molecular formula is C12H14FN5O2. The summed E-state index contributed by atoms with van der Waals surface area (Å²) in [6, 6.07) is 4.22. The first-order valence-electron chi connectivity index (χ1n) is 6.24. The van der Waals surface area contributed by atoms with Gasteiger partial charge >= 0.3 is 0 Å². The smallest absolute Gasteiger partial charge is 0.182 e. The SMILES string of the molecule is Nc1cc(F)cc(-c2nnnn2CC2COCCO2)c1. The first kappa shape index (κ1) is 12.9. The summed E-state index contributed by atoms with van der Waals surface area (Å²) in [7, 11) is 0. The van der Waals surface area contributed by atoms with Crippen molar-refractivity contribution in [1.82, 2.24) is 20.2 Å². The zero-order valence-corrected chi connectivity index (χ0v) is 10.7. The molecule has 8 heteroatoms. The summed E-state index contributed by atoms with van der Waals surface area (Å²) in [4.78, 5) is 0. The molecule has 0 saturated carbocycles. The Balaban J connectivity index is 1.85. The van der Waals surface area contributed by atoms with Crippen LogP contribution in [0.3, 0.4) is 0 Å². The number of aromatic nitrogens is 4. The summed E-state index contributed by atoms with van der Waals surface area (Å²) < 4.78 is 25.8. The van der Waals surface area contributed by atoms with Gasteiger partial charge in [0.15, 0.2) is 5.82 Å². The van der Waals surface area contributed by atoms with Gasteiger partial charge in [0.25, 0.3) is 0 Å². The van der Waals surface area contributed by atoms with Crippen molar-refractivity contribution in [2.24, 2.45) is 0 Å². The summed E-state index contributed by atoms with van der Waals surface area (Å²) in [5.74, 6) is 0.0252. The number of halogens is 1. The van der Waals surface area contributed by atoms with E-state index in [1.54, 1.807) is 10.7 Å². The lowest BCUT2D eigenvalue weighted by Crippen LogP contribution is -2.32. The van der Waals surface area contributed by atoms with Gasteiger partial charge in [0.1, 0.15) is 11.9 Å². The highest BCUT2D eigenvalue weighted by molar-refractivity contribution is 5.61. The Kier molecular flexibility index (Phi) is 3.57. The molecule has 0 spiro atoms. The number of hydrogen-bond donors (Lipinski definition) is 1. The minimum atomic E-state index is -0.424. The van der Waals surface area contributed by atoms with Crippen molar-refractivity contribution >= 4 is 5.69 Å². The molecule has 7 nitrogen and oxygen atoms in total. The van der Waals surface area contributed by atoms with Gasteiger partial charge < -0.3 is 15.2 Å². The lowest BCUT2D eigenvalue weighted by atomic mass is 10.2. The second-order valence-corrected chi connectivity index (χ2v) is 4.53. The van der Waals surface area contributed by atoms with Gasteiger partial charge in [0.05, 0.1) is 26.4 Å². The fourth-order valence-electron chi connectivity index (χ4n) is 2.11. The Hall–Kier alpha value is -2.06. The molecule has 1 aliphatic heterocycles. The van der Waals surface area contributed by atoms with Gasteiger partial charge in [0.2, 0.25) is 0 Å². The molecule has 0 amide bonds. The van der Waals surface area contributed by atoms with Crippen LogP contribution in [0, 0.1) is 5.82 Å². The van der Waals surface area contributed by atoms with Crippen molar-refractivity contribution in [3.63, 3.8) is 0 Å². The highest BCUT2D eigenvalue weighted by Gasteiger charge is 2.19. The maximum Gasteiger partial charge on any atom is 0.182 e. The highest BCUT2D eigenvalue weighted by atomic mass is 19.1.